The standard InChI is InChI=1S/C27H21N3O7S2/c1-15-2-8-22-20(10-15)26(34)30-21-11-17(5-9-23(21)39(22,35)36)25(33)28-12-19-13-29-27(38-19)16-3-6-18(7-4-16)37-14-24(31)32/h2-11,13H,12,14H2,1H3,(H,28,33)(H,30,34)(H,31,32). The zero-order chi connectivity index (χ0) is 27.7. The molecule has 3 aromatic carbocycles. The van der Waals surface area contributed by atoms with E-state index in [1.165, 1.54) is 41.7 Å². The van der Waals surface area contributed by atoms with Crippen molar-refractivity contribution in [1.29, 1.82) is 0 Å². The first-order valence-corrected chi connectivity index (χ1v) is 13.9. The average molecular weight is 564 g/mol. The van der Waals surface area contributed by atoms with Gasteiger partial charge >= 0.3 is 5.97 Å². The number of nitrogens with zero attached hydrogens (tertiary/aromatic N) is 1. The highest BCUT2D eigenvalue weighted by Crippen LogP contribution is 2.34. The van der Waals surface area contributed by atoms with E-state index in [1.54, 1.807) is 43.5 Å². The molecule has 12 heteroatoms. The summed E-state index contributed by atoms with van der Waals surface area (Å²) in [6.45, 7) is 1.52. The number of fused-ring (bicyclic) bond motifs is 2. The molecule has 3 N–H and O–H groups in total. The lowest BCUT2D eigenvalue weighted by Crippen LogP contribution is -2.22. The van der Waals surface area contributed by atoms with E-state index < -0.39 is 34.2 Å². The number of aryl methyl sites for hydroxylation is 1. The van der Waals surface area contributed by atoms with Crippen LogP contribution in [0.25, 0.3) is 10.6 Å². The van der Waals surface area contributed by atoms with Gasteiger partial charge in [-0.1, -0.05) is 11.6 Å². The molecule has 39 heavy (non-hydrogen) atoms. The Morgan fingerprint density at radius 2 is 1.79 bits per heavy atom. The van der Waals surface area contributed by atoms with Crippen LogP contribution in [-0.2, 0) is 21.2 Å². The third kappa shape index (κ3) is 5.38. The lowest BCUT2D eigenvalue weighted by Gasteiger charge is -2.10. The van der Waals surface area contributed by atoms with Gasteiger partial charge in [0, 0.05) is 22.2 Å². The van der Waals surface area contributed by atoms with Crippen LogP contribution in [0.1, 0.15) is 31.2 Å². The van der Waals surface area contributed by atoms with Crippen LogP contribution in [0.15, 0.2) is 76.7 Å². The molecule has 1 aliphatic heterocycles. The number of thiazole rings is 1. The van der Waals surface area contributed by atoms with E-state index >= 15 is 0 Å². The van der Waals surface area contributed by atoms with Gasteiger partial charge in [-0.3, -0.25) is 9.59 Å². The largest absolute Gasteiger partial charge is 0.482 e. The van der Waals surface area contributed by atoms with Crippen molar-refractivity contribution < 1.29 is 32.6 Å². The van der Waals surface area contributed by atoms with Crippen LogP contribution in [0.2, 0.25) is 0 Å². The Labute approximate surface area is 227 Å². The zero-order valence-electron chi connectivity index (χ0n) is 20.4. The van der Waals surface area contributed by atoms with E-state index in [0.29, 0.717) is 10.8 Å². The SMILES string of the molecule is Cc1ccc2c(c1)C(=O)Nc1cc(C(=O)NCc3cnc(-c4ccc(OCC(=O)O)cc4)s3)ccc1S2(=O)=O. The van der Waals surface area contributed by atoms with Crippen molar-refractivity contribution in [2.24, 2.45) is 0 Å². The number of carboxylic acid groups (broad SMARTS) is 1. The molecule has 5 rings (SSSR count). The minimum Gasteiger partial charge on any atom is -0.482 e. The van der Waals surface area contributed by atoms with Gasteiger partial charge in [0.2, 0.25) is 9.84 Å². The molecule has 0 unspecified atom stereocenters. The van der Waals surface area contributed by atoms with Gasteiger partial charge in [-0.05, 0) is 61.5 Å². The smallest absolute Gasteiger partial charge is 0.341 e. The van der Waals surface area contributed by atoms with Crippen molar-refractivity contribution >= 4 is 44.6 Å². The van der Waals surface area contributed by atoms with Gasteiger partial charge in [-0.2, -0.15) is 0 Å². The molecule has 10 nitrogen and oxygen atoms in total. The Morgan fingerprint density at radius 3 is 2.54 bits per heavy atom. The molecule has 0 aliphatic carbocycles. The molecule has 198 valence electrons. The summed E-state index contributed by atoms with van der Waals surface area (Å²) in [5.41, 5.74) is 1.84. The van der Waals surface area contributed by atoms with Crippen LogP contribution in [0.5, 0.6) is 5.75 Å². The van der Waals surface area contributed by atoms with Crippen molar-refractivity contribution in [3.8, 4) is 16.3 Å². The molecule has 0 spiro atoms. The zero-order valence-corrected chi connectivity index (χ0v) is 22.1. The van der Waals surface area contributed by atoms with Crippen molar-refractivity contribution in [3.05, 3.63) is 88.4 Å². The summed E-state index contributed by atoms with van der Waals surface area (Å²) in [6, 6.07) is 15.5. The summed E-state index contributed by atoms with van der Waals surface area (Å²) in [5, 5.41) is 14.8. The molecule has 0 saturated carbocycles. The number of aromatic nitrogens is 1. The summed E-state index contributed by atoms with van der Waals surface area (Å²) in [4.78, 5) is 41.3. The maximum atomic E-state index is 13.2. The minimum absolute atomic E-state index is 0.0392. The van der Waals surface area contributed by atoms with Gasteiger partial charge in [0.05, 0.1) is 27.6 Å². The summed E-state index contributed by atoms with van der Waals surface area (Å²) >= 11 is 1.37. The Morgan fingerprint density at radius 1 is 1.05 bits per heavy atom. The third-order valence-corrected chi connectivity index (χ3v) is 8.81. The number of hydrogen-bond donors (Lipinski definition) is 3. The molecular weight excluding hydrogens is 542 g/mol. The molecule has 1 aliphatic rings. The fourth-order valence-electron chi connectivity index (χ4n) is 4.00. The summed E-state index contributed by atoms with van der Waals surface area (Å²) in [7, 11) is -3.97. The topological polar surface area (TPSA) is 152 Å². The van der Waals surface area contributed by atoms with E-state index in [2.05, 4.69) is 15.6 Å². The highest BCUT2D eigenvalue weighted by atomic mass is 32.2. The quantitative estimate of drug-likeness (QED) is 0.306. The number of carbonyl (C=O) groups excluding carboxylic acids is 2. The second-order valence-electron chi connectivity index (χ2n) is 8.69. The number of sulfone groups is 1. The van der Waals surface area contributed by atoms with Gasteiger partial charge in [-0.15, -0.1) is 11.3 Å². The number of nitrogens with one attached hydrogen (secondary N) is 2. The average Bonchev–Trinajstić information content (AvgIpc) is 3.37. The predicted octanol–water partition coefficient (Wildman–Crippen LogP) is 3.91. The highest BCUT2D eigenvalue weighted by molar-refractivity contribution is 7.91. The number of aliphatic carboxylic acids is 1. The monoisotopic (exact) mass is 563 g/mol. The Kier molecular flexibility index (Phi) is 6.89. The van der Waals surface area contributed by atoms with Gasteiger partial charge in [0.25, 0.3) is 11.8 Å². The molecule has 2 amide bonds. The lowest BCUT2D eigenvalue weighted by atomic mass is 10.1. The molecule has 4 aromatic rings. The van der Waals surface area contributed by atoms with Crippen LogP contribution in [0, 0.1) is 6.92 Å². The summed E-state index contributed by atoms with van der Waals surface area (Å²) < 4.78 is 31.6. The number of carbonyl (C=O) groups is 3. The molecule has 0 radical (unpaired) electrons. The van der Waals surface area contributed by atoms with Crippen molar-refractivity contribution in [2.75, 3.05) is 11.9 Å². The number of carboxylic acids is 1. The summed E-state index contributed by atoms with van der Waals surface area (Å²) in [6.07, 6.45) is 1.64. The van der Waals surface area contributed by atoms with Crippen LogP contribution < -0.4 is 15.4 Å². The molecule has 0 bridgehead atoms. The molecule has 0 saturated heterocycles. The predicted molar refractivity (Wildman–Crippen MR) is 143 cm³/mol. The van der Waals surface area contributed by atoms with E-state index in [4.69, 9.17) is 9.84 Å². The normalized spacial score (nSPS) is 13.4. The first kappa shape index (κ1) is 26.1. The molecule has 2 heterocycles. The first-order valence-electron chi connectivity index (χ1n) is 11.6. The maximum Gasteiger partial charge on any atom is 0.341 e. The minimum atomic E-state index is -3.97. The van der Waals surface area contributed by atoms with Crippen molar-refractivity contribution in [3.63, 3.8) is 0 Å². The van der Waals surface area contributed by atoms with E-state index in [0.717, 1.165) is 16.0 Å². The maximum absolute atomic E-state index is 13.2. The second-order valence-corrected chi connectivity index (χ2v) is 11.7. The fraction of sp³-hybridized carbons (Fsp3) is 0.111. The van der Waals surface area contributed by atoms with E-state index in [-0.39, 0.29) is 33.2 Å². The highest BCUT2D eigenvalue weighted by Gasteiger charge is 2.31. The van der Waals surface area contributed by atoms with Gasteiger partial charge in [0.1, 0.15) is 10.8 Å². The van der Waals surface area contributed by atoms with Crippen LogP contribution in [-0.4, -0.2) is 42.9 Å². The van der Waals surface area contributed by atoms with Gasteiger partial charge in [0.15, 0.2) is 6.61 Å². The molecular formula is C27H21N3O7S2. The van der Waals surface area contributed by atoms with Crippen LogP contribution in [0.3, 0.4) is 0 Å². The molecule has 0 fully saturated rings. The number of anilines is 1. The molecule has 1 aromatic heterocycles. The number of amides is 2. The Hall–Kier alpha value is -4.55. The Balaban J connectivity index is 1.28. The van der Waals surface area contributed by atoms with Crippen LogP contribution >= 0.6 is 11.3 Å². The summed E-state index contributed by atoms with van der Waals surface area (Å²) in [5.74, 6) is -1.65. The number of benzene rings is 3. The molecule has 0 atom stereocenters. The van der Waals surface area contributed by atoms with Gasteiger partial charge < -0.3 is 20.5 Å². The number of ether oxygens (including phenoxy) is 1. The van der Waals surface area contributed by atoms with Crippen molar-refractivity contribution in [1.82, 2.24) is 10.3 Å². The lowest BCUT2D eigenvalue weighted by molar-refractivity contribution is -0.139. The van der Waals surface area contributed by atoms with Crippen LogP contribution in [0.4, 0.5) is 5.69 Å². The fourth-order valence-corrected chi connectivity index (χ4v) is 6.43. The van der Waals surface area contributed by atoms with Gasteiger partial charge in [-0.25, -0.2) is 18.2 Å². The second kappa shape index (κ2) is 10.3. The Bertz CT molecular complexity index is 1730. The number of hydrogen-bond acceptors (Lipinski definition) is 8. The first-order chi connectivity index (χ1) is 18.6. The third-order valence-electron chi connectivity index (χ3n) is 5.89. The van der Waals surface area contributed by atoms with E-state index in [9.17, 15) is 22.8 Å². The number of rotatable bonds is 7. The van der Waals surface area contributed by atoms with Crippen molar-refractivity contribution in [2.45, 2.75) is 23.3 Å². The van der Waals surface area contributed by atoms with E-state index in [1.807, 2.05) is 0 Å².